The molecule has 30 heavy (non-hydrogen) atoms. The van der Waals surface area contributed by atoms with E-state index in [2.05, 4.69) is 36.1 Å². The number of carbonyl (C=O) groups excluding carboxylic acids is 1. The third-order valence-electron chi connectivity index (χ3n) is 5.45. The smallest absolute Gasteiger partial charge is 0.232 e. The summed E-state index contributed by atoms with van der Waals surface area (Å²) in [6.45, 7) is 8.08. The minimum atomic E-state index is -0.0728. The van der Waals surface area contributed by atoms with Crippen molar-refractivity contribution in [1.29, 1.82) is 0 Å². The second kappa shape index (κ2) is 8.69. The highest BCUT2D eigenvalue weighted by molar-refractivity contribution is 5.79. The zero-order valence-corrected chi connectivity index (χ0v) is 17.7. The van der Waals surface area contributed by atoms with Crippen LogP contribution in [0, 0.1) is 0 Å². The number of rotatable bonds is 7. The van der Waals surface area contributed by atoms with E-state index in [1.165, 1.54) is 5.56 Å². The van der Waals surface area contributed by atoms with Crippen molar-refractivity contribution in [1.82, 2.24) is 15.0 Å². The van der Waals surface area contributed by atoms with Gasteiger partial charge in [0.1, 0.15) is 5.75 Å². The molecular formula is C24H27N3O3. The molecule has 156 valence electrons. The number of nitrogens with zero attached hydrogens (tertiary/aromatic N) is 3. The second-order valence-electron chi connectivity index (χ2n) is 7.99. The topological polar surface area (TPSA) is 68.5 Å². The van der Waals surface area contributed by atoms with E-state index >= 15 is 0 Å². The number of hydrogen-bond donors (Lipinski definition) is 0. The molecule has 0 saturated carbocycles. The third-order valence-corrected chi connectivity index (χ3v) is 5.45. The van der Waals surface area contributed by atoms with E-state index in [1.807, 2.05) is 48.2 Å². The summed E-state index contributed by atoms with van der Waals surface area (Å²) in [7, 11) is 0. The van der Waals surface area contributed by atoms with Crippen LogP contribution in [-0.4, -0.2) is 34.1 Å². The van der Waals surface area contributed by atoms with E-state index in [4.69, 9.17) is 9.26 Å². The molecule has 0 aliphatic carbocycles. The predicted molar refractivity (Wildman–Crippen MR) is 114 cm³/mol. The molecule has 2 heterocycles. The highest BCUT2D eigenvalue weighted by Gasteiger charge is 2.34. The van der Waals surface area contributed by atoms with Crippen molar-refractivity contribution >= 4 is 5.91 Å². The standard InChI is InChI=1S/C24H27N3O3/c1-4-29-21-11-5-17(6-12-21)14-27-15-20(13-22(27)28)24-25-23(26-30-24)19-9-7-18(8-10-19)16(2)3/h5-12,16,20H,4,13-15H2,1-3H3. The summed E-state index contributed by atoms with van der Waals surface area (Å²) in [4.78, 5) is 18.9. The predicted octanol–water partition coefficient (Wildman–Crippen LogP) is 4.77. The first kappa shape index (κ1) is 20.1. The minimum Gasteiger partial charge on any atom is -0.494 e. The van der Waals surface area contributed by atoms with Gasteiger partial charge in [-0.3, -0.25) is 4.79 Å². The van der Waals surface area contributed by atoms with Crippen LogP contribution in [0.1, 0.15) is 56.0 Å². The van der Waals surface area contributed by atoms with Gasteiger partial charge in [-0.1, -0.05) is 55.4 Å². The Morgan fingerprint density at radius 2 is 1.87 bits per heavy atom. The molecule has 0 radical (unpaired) electrons. The second-order valence-corrected chi connectivity index (χ2v) is 7.99. The summed E-state index contributed by atoms with van der Waals surface area (Å²) in [6.07, 6.45) is 0.394. The van der Waals surface area contributed by atoms with E-state index in [0.29, 0.717) is 43.8 Å². The Balaban J connectivity index is 1.41. The maximum atomic E-state index is 12.5. The number of hydrogen-bond acceptors (Lipinski definition) is 5. The first-order valence-electron chi connectivity index (χ1n) is 10.5. The monoisotopic (exact) mass is 405 g/mol. The van der Waals surface area contributed by atoms with Crippen molar-refractivity contribution in [2.45, 2.75) is 45.6 Å². The van der Waals surface area contributed by atoms with Gasteiger partial charge in [0.05, 0.1) is 12.5 Å². The number of ether oxygens (including phenoxy) is 1. The van der Waals surface area contributed by atoms with Crippen molar-refractivity contribution in [2.75, 3.05) is 13.2 Å². The van der Waals surface area contributed by atoms with Crippen LogP contribution in [0.2, 0.25) is 0 Å². The Morgan fingerprint density at radius 1 is 1.13 bits per heavy atom. The van der Waals surface area contributed by atoms with Crippen LogP contribution >= 0.6 is 0 Å². The molecule has 1 fully saturated rings. The molecule has 0 bridgehead atoms. The molecule has 1 aliphatic rings. The highest BCUT2D eigenvalue weighted by atomic mass is 16.5. The SMILES string of the molecule is CCOc1ccc(CN2CC(c3nc(-c4ccc(C(C)C)cc4)no3)CC2=O)cc1. The van der Waals surface area contributed by atoms with Gasteiger partial charge >= 0.3 is 0 Å². The Hall–Kier alpha value is -3.15. The number of aromatic nitrogens is 2. The molecule has 0 spiro atoms. The van der Waals surface area contributed by atoms with Gasteiger partial charge < -0.3 is 14.2 Å². The molecule has 6 heteroatoms. The zero-order chi connectivity index (χ0) is 21.1. The number of likely N-dealkylation sites (tertiary alicyclic amines) is 1. The Labute approximate surface area is 176 Å². The summed E-state index contributed by atoms with van der Waals surface area (Å²) in [5.74, 6) is 2.45. The number of carbonyl (C=O) groups is 1. The third kappa shape index (κ3) is 4.37. The average molecular weight is 405 g/mol. The molecule has 0 N–H and O–H groups in total. The number of amides is 1. The van der Waals surface area contributed by atoms with E-state index in [9.17, 15) is 4.79 Å². The van der Waals surface area contributed by atoms with Gasteiger partial charge in [-0.05, 0) is 36.1 Å². The Morgan fingerprint density at radius 3 is 2.53 bits per heavy atom. The summed E-state index contributed by atoms with van der Waals surface area (Å²) in [5.41, 5.74) is 3.27. The summed E-state index contributed by atoms with van der Waals surface area (Å²) in [5, 5.41) is 4.14. The Kier molecular flexibility index (Phi) is 5.84. The molecule has 6 nitrogen and oxygen atoms in total. The molecule has 4 rings (SSSR count). The fraction of sp³-hybridized carbons (Fsp3) is 0.375. The molecule has 1 unspecified atom stereocenters. The van der Waals surface area contributed by atoms with Gasteiger partial charge in [-0.15, -0.1) is 0 Å². The lowest BCUT2D eigenvalue weighted by Gasteiger charge is -2.16. The quantitative estimate of drug-likeness (QED) is 0.566. The van der Waals surface area contributed by atoms with Gasteiger partial charge in [0.25, 0.3) is 0 Å². The summed E-state index contributed by atoms with van der Waals surface area (Å²) >= 11 is 0. The van der Waals surface area contributed by atoms with Crippen molar-refractivity contribution in [3.05, 3.63) is 65.5 Å². The van der Waals surface area contributed by atoms with Crippen molar-refractivity contribution < 1.29 is 14.1 Å². The van der Waals surface area contributed by atoms with E-state index in [-0.39, 0.29) is 11.8 Å². The molecule has 1 atom stereocenters. The molecule has 1 amide bonds. The normalized spacial score (nSPS) is 16.5. The van der Waals surface area contributed by atoms with E-state index in [0.717, 1.165) is 16.9 Å². The maximum Gasteiger partial charge on any atom is 0.232 e. The van der Waals surface area contributed by atoms with Crippen LogP contribution in [0.4, 0.5) is 0 Å². The van der Waals surface area contributed by atoms with Crippen LogP contribution in [0.3, 0.4) is 0 Å². The lowest BCUT2D eigenvalue weighted by molar-refractivity contribution is -0.128. The Bertz CT molecular complexity index is 993. The van der Waals surface area contributed by atoms with Crippen molar-refractivity contribution in [3.63, 3.8) is 0 Å². The van der Waals surface area contributed by atoms with E-state index < -0.39 is 0 Å². The molecule has 1 saturated heterocycles. The average Bonchev–Trinajstić information content (AvgIpc) is 3.37. The first-order valence-corrected chi connectivity index (χ1v) is 10.5. The van der Waals surface area contributed by atoms with Crippen LogP contribution < -0.4 is 4.74 Å². The minimum absolute atomic E-state index is 0.0728. The van der Waals surface area contributed by atoms with Gasteiger partial charge in [0.2, 0.25) is 17.6 Å². The van der Waals surface area contributed by atoms with Crippen molar-refractivity contribution in [2.24, 2.45) is 0 Å². The van der Waals surface area contributed by atoms with Crippen LogP contribution in [0.5, 0.6) is 5.75 Å². The van der Waals surface area contributed by atoms with Gasteiger partial charge in [-0.25, -0.2) is 0 Å². The van der Waals surface area contributed by atoms with E-state index in [1.54, 1.807) is 0 Å². The molecule has 2 aromatic carbocycles. The first-order chi connectivity index (χ1) is 14.5. The van der Waals surface area contributed by atoms with Crippen LogP contribution in [0.25, 0.3) is 11.4 Å². The lowest BCUT2D eigenvalue weighted by atomic mass is 10.0. The van der Waals surface area contributed by atoms with Crippen LogP contribution in [0.15, 0.2) is 53.1 Å². The molecule has 1 aliphatic heterocycles. The van der Waals surface area contributed by atoms with Gasteiger partial charge in [0.15, 0.2) is 0 Å². The molecule has 1 aromatic heterocycles. The summed E-state index contributed by atoms with van der Waals surface area (Å²) < 4.78 is 11.0. The molecular weight excluding hydrogens is 378 g/mol. The highest BCUT2D eigenvalue weighted by Crippen LogP contribution is 2.30. The maximum absolute atomic E-state index is 12.5. The fourth-order valence-corrected chi connectivity index (χ4v) is 3.70. The lowest BCUT2D eigenvalue weighted by Crippen LogP contribution is -2.24. The molecule has 3 aromatic rings. The van der Waals surface area contributed by atoms with Crippen molar-refractivity contribution in [3.8, 4) is 17.1 Å². The van der Waals surface area contributed by atoms with Crippen LogP contribution in [-0.2, 0) is 11.3 Å². The number of benzene rings is 2. The zero-order valence-electron chi connectivity index (χ0n) is 17.7. The summed E-state index contributed by atoms with van der Waals surface area (Å²) in [6, 6.07) is 16.1. The fourth-order valence-electron chi connectivity index (χ4n) is 3.70. The largest absolute Gasteiger partial charge is 0.494 e. The van der Waals surface area contributed by atoms with Gasteiger partial charge in [-0.2, -0.15) is 4.98 Å². The van der Waals surface area contributed by atoms with Gasteiger partial charge in [0, 0.05) is 25.1 Å².